The Morgan fingerprint density at radius 2 is 1.89 bits per heavy atom. The van der Waals surface area contributed by atoms with E-state index in [0.29, 0.717) is 0 Å². The minimum atomic E-state index is -0.931. The Balaban J connectivity index is 0. The van der Waals surface area contributed by atoms with Crippen molar-refractivity contribution in [3.63, 3.8) is 0 Å². The number of carboxylic acid groups (broad SMARTS) is 1. The van der Waals surface area contributed by atoms with Crippen molar-refractivity contribution in [1.29, 1.82) is 0 Å². The zero-order chi connectivity index (χ0) is 6.73. The van der Waals surface area contributed by atoms with E-state index < -0.39 is 12.0 Å². The molecule has 0 aliphatic heterocycles. The average Bonchev–Trinajstić information content (AvgIpc) is 1.64. The fraction of sp³-hybridized carbons (Fsp3) is 0.800. The maximum absolute atomic E-state index is 10.0. The maximum atomic E-state index is 10.0. The SMILES string of the molecule is CC(C)[C@H](N)C(=O)O.[V]. The van der Waals surface area contributed by atoms with Crippen LogP contribution >= 0.6 is 0 Å². The first-order valence-corrected chi connectivity index (χ1v) is 2.54. The Labute approximate surface area is 66.5 Å². The number of aliphatic carboxylic acids is 1. The normalized spacial score (nSPS) is 12.4. The Morgan fingerprint density at radius 1 is 1.56 bits per heavy atom. The van der Waals surface area contributed by atoms with E-state index in [0.717, 1.165) is 0 Å². The first kappa shape index (κ1) is 11.8. The van der Waals surface area contributed by atoms with Crippen molar-refractivity contribution in [2.75, 3.05) is 0 Å². The Bertz CT molecular complexity index is 95.0. The second-order valence-electron chi connectivity index (χ2n) is 2.11. The molecule has 0 fully saturated rings. The first-order chi connectivity index (χ1) is 3.55. The molecule has 0 aliphatic rings. The van der Waals surface area contributed by atoms with Gasteiger partial charge in [-0.15, -0.1) is 0 Å². The molecule has 53 valence electrons. The van der Waals surface area contributed by atoms with Gasteiger partial charge in [-0.1, -0.05) is 13.8 Å². The van der Waals surface area contributed by atoms with Gasteiger partial charge in [-0.25, -0.2) is 0 Å². The molecule has 0 rings (SSSR count). The van der Waals surface area contributed by atoms with Crippen LogP contribution in [0.15, 0.2) is 0 Å². The minimum absolute atomic E-state index is 0. The van der Waals surface area contributed by atoms with Crippen LogP contribution in [-0.4, -0.2) is 17.1 Å². The third-order valence-electron chi connectivity index (χ3n) is 1.00. The summed E-state index contributed by atoms with van der Waals surface area (Å²) in [6, 6.07) is -0.713. The number of rotatable bonds is 2. The molecule has 0 aromatic heterocycles. The molecule has 0 heterocycles. The smallest absolute Gasteiger partial charge is 0.320 e. The van der Waals surface area contributed by atoms with Crippen LogP contribution in [0.3, 0.4) is 0 Å². The van der Waals surface area contributed by atoms with Crippen LogP contribution in [0.2, 0.25) is 0 Å². The molecule has 0 bridgehead atoms. The van der Waals surface area contributed by atoms with Gasteiger partial charge >= 0.3 is 5.97 Å². The van der Waals surface area contributed by atoms with Crippen LogP contribution in [0.5, 0.6) is 0 Å². The largest absolute Gasteiger partial charge is 0.480 e. The number of nitrogens with two attached hydrogens (primary N) is 1. The third kappa shape index (κ3) is 4.51. The predicted octanol–water partition coefficient (Wildman–Crippen LogP) is 0.0518. The molecule has 0 amide bonds. The molecule has 3 nitrogen and oxygen atoms in total. The predicted molar refractivity (Wildman–Crippen MR) is 30.4 cm³/mol. The number of carbonyl (C=O) groups is 1. The first-order valence-electron chi connectivity index (χ1n) is 2.54. The molecule has 0 saturated heterocycles. The van der Waals surface area contributed by atoms with Gasteiger partial charge < -0.3 is 10.8 Å². The zero-order valence-electron chi connectivity index (χ0n) is 5.53. The standard InChI is InChI=1S/C5H11NO2.V/c1-3(2)4(6)5(7)8;/h3-4H,6H2,1-2H3,(H,7,8);/t4-;/m0./s1. The van der Waals surface area contributed by atoms with Crippen molar-refractivity contribution in [3.05, 3.63) is 0 Å². The molecule has 0 unspecified atom stereocenters. The van der Waals surface area contributed by atoms with Gasteiger partial charge in [0, 0.05) is 18.6 Å². The molecule has 4 heteroatoms. The maximum Gasteiger partial charge on any atom is 0.320 e. The fourth-order valence-electron chi connectivity index (χ4n) is 0.285. The van der Waals surface area contributed by atoms with Crippen LogP contribution in [0, 0.1) is 5.92 Å². The van der Waals surface area contributed by atoms with E-state index in [1.807, 2.05) is 0 Å². The molecule has 0 aromatic rings. The summed E-state index contributed by atoms with van der Waals surface area (Å²) in [6.45, 7) is 3.55. The van der Waals surface area contributed by atoms with E-state index >= 15 is 0 Å². The summed E-state index contributed by atoms with van der Waals surface area (Å²) >= 11 is 0. The summed E-state index contributed by atoms with van der Waals surface area (Å²) in [6.07, 6.45) is 0. The second kappa shape index (κ2) is 4.85. The molecule has 3 N–H and O–H groups in total. The van der Waals surface area contributed by atoms with Crippen LogP contribution in [0.25, 0.3) is 0 Å². The van der Waals surface area contributed by atoms with Crippen molar-refractivity contribution in [1.82, 2.24) is 0 Å². The van der Waals surface area contributed by atoms with Gasteiger partial charge in [0.25, 0.3) is 0 Å². The zero-order valence-corrected chi connectivity index (χ0v) is 6.93. The van der Waals surface area contributed by atoms with E-state index in [1.165, 1.54) is 0 Å². The summed E-state index contributed by atoms with van der Waals surface area (Å²) in [4.78, 5) is 10.0. The van der Waals surface area contributed by atoms with E-state index in [1.54, 1.807) is 13.8 Å². The van der Waals surface area contributed by atoms with Gasteiger partial charge in [0.05, 0.1) is 0 Å². The van der Waals surface area contributed by atoms with E-state index in [-0.39, 0.29) is 24.5 Å². The van der Waals surface area contributed by atoms with Gasteiger partial charge in [0.1, 0.15) is 6.04 Å². The summed E-state index contributed by atoms with van der Waals surface area (Å²) in [5, 5.41) is 8.23. The fourth-order valence-corrected chi connectivity index (χ4v) is 0.285. The van der Waals surface area contributed by atoms with Gasteiger partial charge in [-0.3, -0.25) is 4.79 Å². The number of hydrogen-bond donors (Lipinski definition) is 2. The van der Waals surface area contributed by atoms with Crippen LogP contribution in [0.1, 0.15) is 13.8 Å². The van der Waals surface area contributed by atoms with E-state index in [4.69, 9.17) is 10.8 Å². The molecule has 0 aliphatic carbocycles. The van der Waals surface area contributed by atoms with Gasteiger partial charge in [0.2, 0.25) is 0 Å². The molecule has 0 spiro atoms. The Morgan fingerprint density at radius 3 is 1.89 bits per heavy atom. The van der Waals surface area contributed by atoms with Crippen LogP contribution in [0.4, 0.5) is 0 Å². The summed E-state index contributed by atoms with van der Waals surface area (Å²) in [5.74, 6) is -0.910. The van der Waals surface area contributed by atoms with E-state index in [2.05, 4.69) is 0 Å². The minimum Gasteiger partial charge on any atom is -0.480 e. The molecule has 0 saturated carbocycles. The van der Waals surface area contributed by atoms with Crippen molar-refractivity contribution in [2.24, 2.45) is 11.7 Å². The topological polar surface area (TPSA) is 63.3 Å². The quantitative estimate of drug-likeness (QED) is 0.612. The number of carboxylic acids is 1. The summed E-state index contributed by atoms with van der Waals surface area (Å²) < 4.78 is 0. The van der Waals surface area contributed by atoms with Crippen molar-refractivity contribution < 1.29 is 28.5 Å². The Kier molecular flexibility index (Phi) is 6.35. The number of hydrogen-bond acceptors (Lipinski definition) is 2. The molecular weight excluding hydrogens is 157 g/mol. The Hall–Kier alpha value is 0.0144. The molecule has 1 atom stereocenters. The van der Waals surface area contributed by atoms with Crippen molar-refractivity contribution in [3.8, 4) is 0 Å². The van der Waals surface area contributed by atoms with Crippen molar-refractivity contribution in [2.45, 2.75) is 19.9 Å². The third-order valence-corrected chi connectivity index (χ3v) is 1.00. The summed E-state index contributed by atoms with van der Waals surface area (Å²) in [7, 11) is 0. The molecule has 1 radical (unpaired) electrons. The van der Waals surface area contributed by atoms with E-state index in [9.17, 15) is 4.79 Å². The molecule has 9 heavy (non-hydrogen) atoms. The summed E-state index contributed by atoms with van der Waals surface area (Å²) in [5.41, 5.74) is 5.16. The average molecular weight is 168 g/mol. The van der Waals surface area contributed by atoms with Gasteiger partial charge in [-0.2, -0.15) is 0 Å². The second-order valence-corrected chi connectivity index (χ2v) is 2.11. The van der Waals surface area contributed by atoms with Gasteiger partial charge in [0.15, 0.2) is 0 Å². The monoisotopic (exact) mass is 168 g/mol. The van der Waals surface area contributed by atoms with Crippen LogP contribution in [-0.2, 0) is 23.4 Å². The van der Waals surface area contributed by atoms with Crippen LogP contribution < -0.4 is 5.73 Å². The molecular formula is C5H11NO2V. The van der Waals surface area contributed by atoms with Crippen molar-refractivity contribution >= 4 is 5.97 Å². The molecule has 0 aromatic carbocycles. The van der Waals surface area contributed by atoms with Gasteiger partial charge in [-0.05, 0) is 5.92 Å².